The van der Waals surface area contributed by atoms with E-state index in [1.54, 1.807) is 6.92 Å². The van der Waals surface area contributed by atoms with Crippen LogP contribution in [0.5, 0.6) is 0 Å². The van der Waals surface area contributed by atoms with Crippen LogP contribution in [0.25, 0.3) is 0 Å². The van der Waals surface area contributed by atoms with Crippen molar-refractivity contribution in [2.45, 2.75) is 41.0 Å². The van der Waals surface area contributed by atoms with Gasteiger partial charge in [-0.3, -0.25) is 9.59 Å². The number of hydrogen-bond acceptors (Lipinski definition) is 2. The number of carbonyl (C=O) groups excluding carboxylic acids is 1. The first-order chi connectivity index (χ1) is 5.43. The van der Waals surface area contributed by atoms with Crippen LogP contribution in [-0.2, 0) is 9.59 Å². The van der Waals surface area contributed by atoms with Crippen molar-refractivity contribution in [3.8, 4) is 0 Å². The molecule has 0 saturated heterocycles. The van der Waals surface area contributed by atoms with E-state index in [0.29, 0.717) is 6.42 Å². The number of carboxylic acids is 1. The molecule has 0 aliphatic heterocycles. The van der Waals surface area contributed by atoms with Gasteiger partial charge in [0.05, 0.1) is 0 Å². The van der Waals surface area contributed by atoms with Crippen LogP contribution < -0.4 is 0 Å². The van der Waals surface area contributed by atoms with Crippen molar-refractivity contribution < 1.29 is 14.7 Å². The number of Topliss-reactive ketones (excluding diaryl/α,β-unsaturated/α-hetero) is 1. The molecule has 0 bridgehead atoms. The van der Waals surface area contributed by atoms with Gasteiger partial charge in [-0.2, -0.15) is 0 Å². The van der Waals surface area contributed by atoms with Gasteiger partial charge in [-0.15, -0.1) is 0 Å². The van der Waals surface area contributed by atoms with Gasteiger partial charge in [0.25, 0.3) is 0 Å². The monoisotopic (exact) mass is 188 g/mol. The fourth-order valence-corrected chi connectivity index (χ4v) is 0.949. The molecule has 0 radical (unpaired) electrons. The number of carbonyl (C=O) groups is 2. The van der Waals surface area contributed by atoms with Gasteiger partial charge in [0.2, 0.25) is 0 Å². The van der Waals surface area contributed by atoms with E-state index in [2.05, 4.69) is 0 Å². The minimum absolute atomic E-state index is 0. The molecule has 0 aromatic carbocycles. The van der Waals surface area contributed by atoms with E-state index in [0.717, 1.165) is 0 Å². The number of aliphatic carboxylic acids is 1. The summed E-state index contributed by atoms with van der Waals surface area (Å²) >= 11 is 0. The van der Waals surface area contributed by atoms with E-state index in [1.807, 2.05) is 13.8 Å². The number of rotatable bonds is 5. The van der Waals surface area contributed by atoms with Gasteiger partial charge in [0.15, 0.2) is 0 Å². The first-order valence-corrected chi connectivity index (χ1v) is 4.18. The van der Waals surface area contributed by atoms with Crippen LogP contribution >= 0.6 is 0 Å². The van der Waals surface area contributed by atoms with Crippen molar-refractivity contribution in [3.63, 3.8) is 0 Å². The van der Waals surface area contributed by atoms with Gasteiger partial charge >= 0.3 is 5.97 Å². The molecule has 0 aromatic heterocycles. The van der Waals surface area contributed by atoms with Crippen molar-refractivity contribution in [2.24, 2.45) is 11.8 Å². The summed E-state index contributed by atoms with van der Waals surface area (Å²) in [6.07, 6.45) is 0.461. The number of hydrogen-bond donors (Lipinski definition) is 1. The highest BCUT2D eigenvalue weighted by molar-refractivity contribution is 5.81. The standard InChI is InChI=1S/C9H16O3.CH4/c1-6(2)8(10)4-7(3)5-9(11)12;/h6-7H,4-5H2,1-3H3,(H,11,12);1H4. The zero-order chi connectivity index (χ0) is 9.72. The minimum Gasteiger partial charge on any atom is -0.481 e. The molecule has 3 heteroatoms. The second-order valence-corrected chi connectivity index (χ2v) is 3.53. The van der Waals surface area contributed by atoms with Crippen LogP contribution in [-0.4, -0.2) is 16.9 Å². The zero-order valence-electron chi connectivity index (χ0n) is 7.83. The number of ketones is 1. The van der Waals surface area contributed by atoms with Gasteiger partial charge in [0, 0.05) is 18.8 Å². The molecule has 0 saturated carbocycles. The van der Waals surface area contributed by atoms with Crippen molar-refractivity contribution in [1.29, 1.82) is 0 Å². The first-order valence-electron chi connectivity index (χ1n) is 4.18. The summed E-state index contributed by atoms with van der Waals surface area (Å²) in [5.41, 5.74) is 0. The van der Waals surface area contributed by atoms with Crippen LogP contribution in [0.1, 0.15) is 41.0 Å². The maximum absolute atomic E-state index is 11.1. The molecule has 0 aliphatic rings. The zero-order valence-corrected chi connectivity index (χ0v) is 7.83. The second kappa shape index (κ2) is 6.63. The highest BCUT2D eigenvalue weighted by Gasteiger charge is 2.14. The third-order valence-electron chi connectivity index (χ3n) is 1.72. The van der Waals surface area contributed by atoms with Crippen LogP contribution in [0, 0.1) is 11.8 Å². The molecule has 78 valence electrons. The van der Waals surface area contributed by atoms with Gasteiger partial charge in [-0.25, -0.2) is 0 Å². The normalized spacial score (nSPS) is 12.0. The van der Waals surface area contributed by atoms with Crippen molar-refractivity contribution >= 4 is 11.8 Å². The average Bonchev–Trinajstić information content (AvgIpc) is 1.84. The molecule has 0 fully saturated rings. The van der Waals surface area contributed by atoms with E-state index < -0.39 is 5.97 Å². The Kier molecular flexibility index (Phi) is 7.48. The molecule has 0 rings (SSSR count). The highest BCUT2D eigenvalue weighted by Crippen LogP contribution is 2.11. The van der Waals surface area contributed by atoms with Gasteiger partial charge in [-0.05, 0) is 5.92 Å². The molecule has 0 amide bonds. The fraction of sp³-hybridized carbons (Fsp3) is 0.800. The van der Waals surface area contributed by atoms with E-state index >= 15 is 0 Å². The maximum atomic E-state index is 11.1. The fourth-order valence-electron chi connectivity index (χ4n) is 0.949. The molecule has 0 aromatic rings. The van der Waals surface area contributed by atoms with Crippen LogP contribution in [0.2, 0.25) is 0 Å². The Bertz CT molecular complexity index is 173. The van der Waals surface area contributed by atoms with Crippen molar-refractivity contribution in [3.05, 3.63) is 0 Å². The molecule has 0 aliphatic carbocycles. The Labute approximate surface area is 80.1 Å². The predicted octanol–water partition coefficient (Wildman–Crippen LogP) is 2.35. The Morgan fingerprint density at radius 3 is 1.92 bits per heavy atom. The molecule has 13 heavy (non-hydrogen) atoms. The molecule has 0 spiro atoms. The average molecular weight is 188 g/mol. The Hall–Kier alpha value is -0.860. The number of carboxylic acid groups (broad SMARTS) is 1. The summed E-state index contributed by atoms with van der Waals surface area (Å²) < 4.78 is 0. The quantitative estimate of drug-likeness (QED) is 0.720. The van der Waals surface area contributed by atoms with Crippen LogP contribution in [0.3, 0.4) is 0 Å². The molecule has 3 nitrogen and oxygen atoms in total. The lowest BCUT2D eigenvalue weighted by molar-refractivity contribution is -0.138. The lowest BCUT2D eigenvalue weighted by Gasteiger charge is -2.08. The summed E-state index contributed by atoms with van der Waals surface area (Å²) in [5, 5.41) is 8.42. The summed E-state index contributed by atoms with van der Waals surface area (Å²) in [6.45, 7) is 5.44. The summed E-state index contributed by atoms with van der Waals surface area (Å²) in [7, 11) is 0. The smallest absolute Gasteiger partial charge is 0.303 e. The highest BCUT2D eigenvalue weighted by atomic mass is 16.4. The Balaban J connectivity index is 0. The minimum atomic E-state index is -0.834. The second-order valence-electron chi connectivity index (χ2n) is 3.53. The first kappa shape index (κ1) is 14.7. The lowest BCUT2D eigenvalue weighted by atomic mass is 9.96. The molecule has 0 heterocycles. The molecular weight excluding hydrogens is 168 g/mol. The maximum Gasteiger partial charge on any atom is 0.303 e. The van der Waals surface area contributed by atoms with E-state index in [9.17, 15) is 9.59 Å². The van der Waals surface area contributed by atoms with Crippen molar-refractivity contribution in [2.75, 3.05) is 0 Å². The Morgan fingerprint density at radius 2 is 1.62 bits per heavy atom. The van der Waals surface area contributed by atoms with E-state index in [1.165, 1.54) is 0 Å². The van der Waals surface area contributed by atoms with Crippen LogP contribution in [0.15, 0.2) is 0 Å². The lowest BCUT2D eigenvalue weighted by Crippen LogP contribution is -2.14. The summed E-state index contributed by atoms with van der Waals surface area (Å²) in [6, 6.07) is 0. The topological polar surface area (TPSA) is 54.4 Å². The van der Waals surface area contributed by atoms with E-state index in [4.69, 9.17) is 5.11 Å². The molecular formula is C10H20O3. The summed E-state index contributed by atoms with van der Waals surface area (Å²) in [4.78, 5) is 21.4. The molecule has 1 unspecified atom stereocenters. The van der Waals surface area contributed by atoms with Gasteiger partial charge in [0.1, 0.15) is 5.78 Å². The summed E-state index contributed by atoms with van der Waals surface area (Å²) in [5.74, 6) is -0.721. The Morgan fingerprint density at radius 1 is 1.15 bits per heavy atom. The van der Waals surface area contributed by atoms with Gasteiger partial charge < -0.3 is 5.11 Å². The molecule has 1 N–H and O–H groups in total. The van der Waals surface area contributed by atoms with Gasteiger partial charge in [-0.1, -0.05) is 28.2 Å². The van der Waals surface area contributed by atoms with E-state index in [-0.39, 0.29) is 31.5 Å². The molecule has 1 atom stereocenters. The van der Waals surface area contributed by atoms with Crippen molar-refractivity contribution in [1.82, 2.24) is 0 Å². The van der Waals surface area contributed by atoms with Crippen LogP contribution in [0.4, 0.5) is 0 Å². The third-order valence-corrected chi connectivity index (χ3v) is 1.72. The SMILES string of the molecule is C.CC(CC(=O)O)CC(=O)C(C)C. The third kappa shape index (κ3) is 7.50. The largest absolute Gasteiger partial charge is 0.481 e. The predicted molar refractivity (Wildman–Crippen MR) is 52.6 cm³/mol.